The molecule has 62 valence electrons. The Hall–Kier alpha value is -1.03. The molecule has 0 bridgehead atoms. The Bertz CT molecular complexity index is 448. The fourth-order valence-corrected chi connectivity index (χ4v) is 2.26. The van der Waals surface area contributed by atoms with E-state index in [2.05, 4.69) is 53.0 Å². The van der Waals surface area contributed by atoms with E-state index in [1.54, 1.807) is 0 Å². The first-order chi connectivity index (χ1) is 6.88. The van der Waals surface area contributed by atoms with Gasteiger partial charge in [-0.25, -0.2) is 0 Å². The van der Waals surface area contributed by atoms with Gasteiger partial charge in [0.25, 0.3) is 0 Å². The molecular formula is C12H8LiN. The predicted molar refractivity (Wildman–Crippen MR) is 57.3 cm³/mol. The summed E-state index contributed by atoms with van der Waals surface area (Å²) in [6.45, 7) is 0. The third-order valence-corrected chi connectivity index (χ3v) is 2.97. The molecule has 1 unspecified atom stereocenters. The Kier molecular flexibility index (Phi) is 1.77. The molecule has 0 aliphatic heterocycles. The van der Waals surface area contributed by atoms with Crippen molar-refractivity contribution in [2.75, 3.05) is 0 Å². The number of hydrogen-bond acceptors (Lipinski definition) is 1. The van der Waals surface area contributed by atoms with Gasteiger partial charge >= 0.3 is 92.3 Å². The monoisotopic (exact) mass is 173 g/mol. The first kappa shape index (κ1) is 8.29. The molecule has 0 amide bonds. The quantitative estimate of drug-likeness (QED) is 0.557. The van der Waals surface area contributed by atoms with Crippen LogP contribution in [0.25, 0.3) is 11.1 Å². The molecule has 0 spiro atoms. The Balaban J connectivity index is 2.36. The maximum atomic E-state index is 4.46. The second kappa shape index (κ2) is 2.98. The van der Waals surface area contributed by atoms with Crippen LogP contribution in [0.2, 0.25) is 0 Å². The van der Waals surface area contributed by atoms with Crippen LogP contribution in [0.1, 0.15) is 15.8 Å². The molecule has 0 N–H and O–H groups in total. The van der Waals surface area contributed by atoms with Gasteiger partial charge < -0.3 is 0 Å². The van der Waals surface area contributed by atoms with Gasteiger partial charge in [0.2, 0.25) is 0 Å². The number of benzene rings is 1. The van der Waals surface area contributed by atoms with E-state index in [0.717, 1.165) is 0 Å². The van der Waals surface area contributed by atoms with Crippen LogP contribution in [0.15, 0.2) is 42.6 Å². The topological polar surface area (TPSA) is 12.9 Å². The number of pyridine rings is 1. The zero-order valence-electron chi connectivity index (χ0n) is 8.07. The zero-order valence-corrected chi connectivity index (χ0v) is 8.07. The van der Waals surface area contributed by atoms with Gasteiger partial charge in [-0.1, -0.05) is 0 Å². The van der Waals surface area contributed by atoms with Crippen molar-refractivity contribution in [1.29, 1.82) is 0 Å². The molecule has 1 aliphatic rings. The molecule has 1 aromatic carbocycles. The summed E-state index contributed by atoms with van der Waals surface area (Å²) in [6, 6.07) is 12.7. The summed E-state index contributed by atoms with van der Waals surface area (Å²) >= 11 is 2.22. The molecule has 2 aromatic rings. The van der Waals surface area contributed by atoms with Gasteiger partial charge in [0, 0.05) is 0 Å². The molecule has 14 heavy (non-hydrogen) atoms. The number of aromatic nitrogens is 1. The van der Waals surface area contributed by atoms with E-state index in [1.807, 2.05) is 12.3 Å². The SMILES string of the molecule is [Li][CH]1c2ccccc2-c2cccnc21. The van der Waals surface area contributed by atoms with E-state index in [1.165, 1.54) is 22.4 Å². The van der Waals surface area contributed by atoms with Gasteiger partial charge in [-0.15, -0.1) is 0 Å². The van der Waals surface area contributed by atoms with Crippen molar-refractivity contribution in [2.24, 2.45) is 0 Å². The second-order valence-electron chi connectivity index (χ2n) is 3.75. The molecule has 0 fully saturated rings. The summed E-state index contributed by atoms with van der Waals surface area (Å²) in [6.07, 6.45) is 1.88. The summed E-state index contributed by atoms with van der Waals surface area (Å²) < 4.78 is 0.447. The summed E-state index contributed by atoms with van der Waals surface area (Å²) in [5.74, 6) is 0. The molecule has 1 aliphatic carbocycles. The summed E-state index contributed by atoms with van der Waals surface area (Å²) in [4.78, 5) is 4.46. The predicted octanol–water partition coefficient (Wildman–Crippen LogP) is 2.32. The first-order valence-corrected chi connectivity index (χ1v) is 4.92. The van der Waals surface area contributed by atoms with Crippen LogP contribution in [0.4, 0.5) is 0 Å². The fourth-order valence-electron chi connectivity index (χ4n) is 2.26. The maximum absolute atomic E-state index is 4.46. The van der Waals surface area contributed by atoms with Crippen molar-refractivity contribution in [1.82, 2.24) is 4.98 Å². The third-order valence-electron chi connectivity index (χ3n) is 2.97. The van der Waals surface area contributed by atoms with Crippen LogP contribution in [-0.2, 0) is 0 Å². The van der Waals surface area contributed by atoms with Gasteiger partial charge in [0.1, 0.15) is 0 Å². The summed E-state index contributed by atoms with van der Waals surface area (Å²) in [5, 5.41) is 0. The average Bonchev–Trinajstić information content (AvgIpc) is 2.55. The zero-order chi connectivity index (χ0) is 9.54. The third kappa shape index (κ3) is 1.00. The van der Waals surface area contributed by atoms with Crippen molar-refractivity contribution in [3.05, 3.63) is 53.9 Å². The molecule has 1 atom stereocenters. The van der Waals surface area contributed by atoms with Crippen LogP contribution in [0.3, 0.4) is 0 Å². The summed E-state index contributed by atoms with van der Waals surface area (Å²) in [5.41, 5.74) is 5.27. The van der Waals surface area contributed by atoms with E-state index in [-0.39, 0.29) is 0 Å². The van der Waals surface area contributed by atoms with Crippen LogP contribution in [0, 0.1) is 0 Å². The van der Waals surface area contributed by atoms with E-state index in [0.29, 0.717) is 4.59 Å². The molecular weight excluding hydrogens is 165 g/mol. The average molecular weight is 173 g/mol. The van der Waals surface area contributed by atoms with Gasteiger partial charge in [0.15, 0.2) is 0 Å². The second-order valence-corrected chi connectivity index (χ2v) is 3.75. The van der Waals surface area contributed by atoms with Crippen LogP contribution >= 0.6 is 0 Å². The Morgan fingerprint density at radius 1 is 1.00 bits per heavy atom. The minimum atomic E-state index is 0.447. The van der Waals surface area contributed by atoms with E-state index in [4.69, 9.17) is 0 Å². The first-order valence-electron chi connectivity index (χ1n) is 4.92. The number of nitrogens with zero attached hydrogens (tertiary/aromatic N) is 1. The Morgan fingerprint density at radius 3 is 2.71 bits per heavy atom. The van der Waals surface area contributed by atoms with Crippen LogP contribution in [-0.4, -0.2) is 22.7 Å². The normalized spacial score (nSPS) is 17.7. The van der Waals surface area contributed by atoms with Gasteiger partial charge in [0.05, 0.1) is 0 Å². The minimum absolute atomic E-state index is 0.447. The number of hydrogen-bond donors (Lipinski definition) is 0. The molecule has 0 saturated heterocycles. The molecule has 1 heterocycles. The molecule has 3 rings (SSSR count). The van der Waals surface area contributed by atoms with Crippen LogP contribution < -0.4 is 0 Å². The van der Waals surface area contributed by atoms with Crippen molar-refractivity contribution in [3.63, 3.8) is 0 Å². The van der Waals surface area contributed by atoms with Crippen molar-refractivity contribution >= 4 is 17.7 Å². The molecule has 1 aromatic heterocycles. The van der Waals surface area contributed by atoms with Crippen LogP contribution in [0.5, 0.6) is 0 Å². The van der Waals surface area contributed by atoms with Crippen molar-refractivity contribution in [2.45, 2.75) is 4.59 Å². The molecule has 0 saturated carbocycles. The van der Waals surface area contributed by atoms with Gasteiger partial charge in [-0.3, -0.25) is 0 Å². The van der Waals surface area contributed by atoms with Gasteiger partial charge in [-0.05, 0) is 0 Å². The standard InChI is InChI=1S/C12H8N.Li/c1-2-5-10-9(4-1)8-12-11(10)6-3-7-13-12;/h1-8H;. The van der Waals surface area contributed by atoms with Gasteiger partial charge in [-0.2, -0.15) is 0 Å². The summed E-state index contributed by atoms with van der Waals surface area (Å²) in [7, 11) is 0. The number of rotatable bonds is 0. The molecule has 2 heteroatoms. The fraction of sp³-hybridized carbons (Fsp3) is 0.0833. The Morgan fingerprint density at radius 2 is 1.79 bits per heavy atom. The van der Waals surface area contributed by atoms with E-state index >= 15 is 0 Å². The van der Waals surface area contributed by atoms with E-state index in [9.17, 15) is 0 Å². The number of fused-ring (bicyclic) bond motifs is 3. The molecule has 1 nitrogen and oxygen atoms in total. The van der Waals surface area contributed by atoms with E-state index < -0.39 is 0 Å². The Labute approximate surface area is 92.4 Å². The molecule has 0 radical (unpaired) electrons. The van der Waals surface area contributed by atoms with Crippen molar-refractivity contribution in [3.8, 4) is 11.1 Å². The van der Waals surface area contributed by atoms with Crippen molar-refractivity contribution < 1.29 is 0 Å².